The van der Waals surface area contributed by atoms with Gasteiger partial charge in [-0.3, -0.25) is 0 Å². The minimum absolute atomic E-state index is 0.168. The summed E-state index contributed by atoms with van der Waals surface area (Å²) in [7, 11) is 0. The Balaban J connectivity index is 2.49. The highest BCUT2D eigenvalue weighted by molar-refractivity contribution is 7.13. The first-order chi connectivity index (χ1) is 7.22. The van der Waals surface area contributed by atoms with Crippen LogP contribution in [0.3, 0.4) is 0 Å². The molecule has 0 aliphatic carbocycles. The van der Waals surface area contributed by atoms with Crippen molar-refractivity contribution in [1.29, 1.82) is 0 Å². The van der Waals surface area contributed by atoms with E-state index in [0.29, 0.717) is 12.3 Å². The SMILES string of the molecule is CCOC(=O)c1nsc2cc(O)ccc12. The first-order valence-electron chi connectivity index (χ1n) is 4.48. The molecule has 0 radical (unpaired) electrons. The highest BCUT2D eigenvalue weighted by Crippen LogP contribution is 2.26. The van der Waals surface area contributed by atoms with Crippen LogP contribution < -0.4 is 0 Å². The largest absolute Gasteiger partial charge is 0.508 e. The molecule has 1 aromatic heterocycles. The third-order valence-corrected chi connectivity index (χ3v) is 2.73. The quantitative estimate of drug-likeness (QED) is 0.793. The minimum Gasteiger partial charge on any atom is -0.508 e. The summed E-state index contributed by atoms with van der Waals surface area (Å²) < 4.78 is 9.65. The molecular formula is C10H9NO3S. The second-order valence-electron chi connectivity index (χ2n) is 2.93. The number of nitrogens with zero attached hydrogens (tertiary/aromatic N) is 1. The number of hydrogen-bond donors (Lipinski definition) is 1. The van der Waals surface area contributed by atoms with Gasteiger partial charge in [0.25, 0.3) is 0 Å². The molecule has 0 fully saturated rings. The molecule has 0 atom stereocenters. The van der Waals surface area contributed by atoms with Crippen molar-refractivity contribution in [3.63, 3.8) is 0 Å². The van der Waals surface area contributed by atoms with Crippen molar-refractivity contribution in [2.75, 3.05) is 6.61 Å². The van der Waals surface area contributed by atoms with Crippen molar-refractivity contribution in [3.8, 4) is 5.75 Å². The van der Waals surface area contributed by atoms with Gasteiger partial charge in [-0.1, -0.05) is 0 Å². The summed E-state index contributed by atoms with van der Waals surface area (Å²) in [6, 6.07) is 4.77. The predicted molar refractivity (Wildman–Crippen MR) is 57.2 cm³/mol. The van der Waals surface area contributed by atoms with Gasteiger partial charge in [0.1, 0.15) is 5.75 Å². The lowest BCUT2D eigenvalue weighted by Crippen LogP contribution is -2.04. The summed E-state index contributed by atoms with van der Waals surface area (Å²) in [4.78, 5) is 11.5. The molecule has 2 aromatic rings. The lowest BCUT2D eigenvalue weighted by Gasteiger charge is -1.98. The zero-order valence-electron chi connectivity index (χ0n) is 8.06. The summed E-state index contributed by atoms with van der Waals surface area (Å²) >= 11 is 1.17. The van der Waals surface area contributed by atoms with Crippen LogP contribution in [0.5, 0.6) is 5.75 Å². The summed E-state index contributed by atoms with van der Waals surface area (Å²) in [5.41, 5.74) is 0.317. The molecule has 0 spiro atoms. The van der Waals surface area contributed by atoms with Gasteiger partial charge in [0.15, 0.2) is 5.69 Å². The van der Waals surface area contributed by atoms with Crippen molar-refractivity contribution in [2.45, 2.75) is 6.92 Å². The molecule has 78 valence electrons. The summed E-state index contributed by atoms with van der Waals surface area (Å²) in [5, 5.41) is 9.96. The smallest absolute Gasteiger partial charge is 0.358 e. The van der Waals surface area contributed by atoms with Gasteiger partial charge >= 0.3 is 5.97 Å². The highest BCUT2D eigenvalue weighted by atomic mass is 32.1. The van der Waals surface area contributed by atoms with Crippen LogP contribution in [-0.4, -0.2) is 22.1 Å². The van der Waals surface area contributed by atoms with E-state index in [9.17, 15) is 9.90 Å². The van der Waals surface area contributed by atoms with Gasteiger partial charge < -0.3 is 9.84 Å². The summed E-state index contributed by atoms with van der Waals surface area (Å²) in [6.07, 6.45) is 0. The first-order valence-corrected chi connectivity index (χ1v) is 5.25. The van der Waals surface area contributed by atoms with E-state index in [1.54, 1.807) is 19.1 Å². The molecule has 0 saturated carbocycles. The number of esters is 1. The highest BCUT2D eigenvalue weighted by Gasteiger charge is 2.15. The van der Waals surface area contributed by atoms with E-state index in [4.69, 9.17) is 4.74 Å². The van der Waals surface area contributed by atoms with Gasteiger partial charge in [-0.05, 0) is 36.7 Å². The lowest BCUT2D eigenvalue weighted by atomic mass is 10.2. The lowest BCUT2D eigenvalue weighted by molar-refractivity contribution is 0.0523. The molecule has 1 aromatic carbocycles. The van der Waals surface area contributed by atoms with Crippen molar-refractivity contribution in [2.24, 2.45) is 0 Å². The molecule has 0 aliphatic heterocycles. The summed E-state index contributed by atoms with van der Waals surface area (Å²) in [5.74, 6) is -0.254. The van der Waals surface area contributed by atoms with Crippen LogP contribution in [0.15, 0.2) is 18.2 Å². The van der Waals surface area contributed by atoms with E-state index >= 15 is 0 Å². The fraction of sp³-hybridized carbons (Fsp3) is 0.200. The van der Waals surface area contributed by atoms with Gasteiger partial charge in [0.05, 0.1) is 11.3 Å². The van der Waals surface area contributed by atoms with E-state index in [1.807, 2.05) is 0 Å². The Bertz CT molecular complexity index is 506. The number of hydrogen-bond acceptors (Lipinski definition) is 5. The van der Waals surface area contributed by atoms with Crippen LogP contribution in [0.25, 0.3) is 10.1 Å². The number of carbonyl (C=O) groups excluding carboxylic acids is 1. The second-order valence-corrected chi connectivity index (χ2v) is 3.74. The van der Waals surface area contributed by atoms with Gasteiger partial charge in [-0.25, -0.2) is 4.79 Å². The molecule has 0 amide bonds. The Kier molecular flexibility index (Phi) is 2.55. The van der Waals surface area contributed by atoms with Crippen LogP contribution in [-0.2, 0) is 4.74 Å². The summed E-state index contributed by atoms with van der Waals surface area (Å²) in [6.45, 7) is 2.08. The van der Waals surface area contributed by atoms with Crippen molar-refractivity contribution in [1.82, 2.24) is 4.37 Å². The fourth-order valence-electron chi connectivity index (χ4n) is 1.27. The number of rotatable bonds is 2. The Morgan fingerprint density at radius 2 is 2.40 bits per heavy atom. The van der Waals surface area contributed by atoms with Crippen molar-refractivity contribution < 1.29 is 14.6 Å². The van der Waals surface area contributed by atoms with Crippen LogP contribution in [0, 0.1) is 0 Å². The number of phenols is 1. The Morgan fingerprint density at radius 3 is 3.13 bits per heavy atom. The Labute approximate surface area is 90.3 Å². The molecule has 1 N–H and O–H groups in total. The predicted octanol–water partition coefficient (Wildman–Crippen LogP) is 2.18. The maximum Gasteiger partial charge on any atom is 0.358 e. The zero-order valence-corrected chi connectivity index (χ0v) is 8.87. The second kappa shape index (κ2) is 3.86. The average Bonchev–Trinajstić information content (AvgIpc) is 2.60. The Morgan fingerprint density at radius 1 is 1.60 bits per heavy atom. The van der Waals surface area contributed by atoms with E-state index < -0.39 is 5.97 Å². The van der Waals surface area contributed by atoms with Crippen LogP contribution in [0.1, 0.15) is 17.4 Å². The molecule has 4 nitrogen and oxygen atoms in total. The third-order valence-electron chi connectivity index (χ3n) is 1.92. The molecular weight excluding hydrogens is 214 g/mol. The standard InChI is InChI=1S/C10H9NO3S/c1-2-14-10(13)9-7-4-3-6(12)5-8(7)15-11-9/h3-5,12H,2H2,1H3. The maximum absolute atomic E-state index is 11.5. The number of aromatic hydroxyl groups is 1. The van der Waals surface area contributed by atoms with E-state index in [-0.39, 0.29) is 5.75 Å². The van der Waals surface area contributed by atoms with Gasteiger partial charge in [-0.15, -0.1) is 0 Å². The van der Waals surface area contributed by atoms with Crippen molar-refractivity contribution in [3.05, 3.63) is 23.9 Å². The normalized spacial score (nSPS) is 10.5. The number of benzene rings is 1. The minimum atomic E-state index is -0.422. The van der Waals surface area contributed by atoms with Crippen molar-refractivity contribution >= 4 is 27.6 Å². The number of carbonyl (C=O) groups is 1. The van der Waals surface area contributed by atoms with E-state index in [2.05, 4.69) is 4.37 Å². The maximum atomic E-state index is 11.5. The topological polar surface area (TPSA) is 59.4 Å². The Hall–Kier alpha value is -1.62. The third kappa shape index (κ3) is 1.78. The zero-order chi connectivity index (χ0) is 10.8. The number of phenolic OH excluding ortho intramolecular Hbond substituents is 1. The molecule has 2 rings (SSSR count). The molecule has 1 heterocycles. The van der Waals surface area contributed by atoms with Gasteiger partial charge in [-0.2, -0.15) is 4.37 Å². The first kappa shape index (κ1) is 9.92. The van der Waals surface area contributed by atoms with Gasteiger partial charge in [0.2, 0.25) is 0 Å². The fourth-order valence-corrected chi connectivity index (χ4v) is 2.07. The van der Waals surface area contributed by atoms with E-state index in [0.717, 1.165) is 10.1 Å². The van der Waals surface area contributed by atoms with Gasteiger partial charge in [0, 0.05) is 5.39 Å². The number of fused-ring (bicyclic) bond motifs is 1. The molecule has 0 aliphatic rings. The molecule has 5 heteroatoms. The molecule has 0 bridgehead atoms. The van der Waals surface area contributed by atoms with Crippen LogP contribution in [0.4, 0.5) is 0 Å². The number of ether oxygens (including phenoxy) is 1. The van der Waals surface area contributed by atoms with Crippen LogP contribution >= 0.6 is 11.5 Å². The molecule has 15 heavy (non-hydrogen) atoms. The molecule has 0 saturated heterocycles. The van der Waals surface area contributed by atoms with Crippen LogP contribution in [0.2, 0.25) is 0 Å². The molecule has 0 unspecified atom stereocenters. The average molecular weight is 223 g/mol. The monoisotopic (exact) mass is 223 g/mol. The van der Waals surface area contributed by atoms with E-state index in [1.165, 1.54) is 17.6 Å². The number of aromatic nitrogens is 1.